The second kappa shape index (κ2) is 5.57. The first-order valence-electron chi connectivity index (χ1n) is 7.56. The van der Waals surface area contributed by atoms with Crippen LogP contribution in [0.2, 0.25) is 5.02 Å². The summed E-state index contributed by atoms with van der Waals surface area (Å²) in [6.45, 7) is 3.87. The third-order valence-corrected chi connectivity index (χ3v) is 6.06. The van der Waals surface area contributed by atoms with Gasteiger partial charge in [-0.05, 0) is 25.6 Å². The van der Waals surface area contributed by atoms with Crippen LogP contribution in [0.1, 0.15) is 5.56 Å². The monoisotopic (exact) mass is 459 g/mol. The number of fused-ring (bicyclic) bond motifs is 2. The SMILES string of the molecule is Cc1cc2c3c(nc(=O)n2I)N2CCN(C)CC2C(=O)Nc3c1Cl. The van der Waals surface area contributed by atoms with E-state index in [1.807, 2.05) is 47.8 Å². The normalized spacial score (nSPS) is 20.8. The second-order valence-corrected chi connectivity index (χ2v) is 7.58. The molecule has 1 unspecified atom stereocenters. The van der Waals surface area contributed by atoms with E-state index in [4.69, 9.17) is 11.6 Å². The summed E-state index contributed by atoms with van der Waals surface area (Å²) in [6, 6.07) is 1.47. The van der Waals surface area contributed by atoms with E-state index in [1.165, 1.54) is 2.78 Å². The van der Waals surface area contributed by atoms with Crippen molar-refractivity contribution in [3.63, 3.8) is 0 Å². The Morgan fingerprint density at radius 3 is 2.88 bits per heavy atom. The van der Waals surface area contributed by atoms with Crippen molar-refractivity contribution in [1.29, 1.82) is 0 Å². The van der Waals surface area contributed by atoms with Crippen molar-refractivity contribution in [3.05, 3.63) is 27.1 Å². The predicted octanol–water partition coefficient (Wildman–Crippen LogP) is 1.63. The molecule has 1 aromatic heterocycles. The number of benzene rings is 1. The maximum atomic E-state index is 12.8. The van der Waals surface area contributed by atoms with Crippen molar-refractivity contribution in [3.8, 4) is 0 Å². The van der Waals surface area contributed by atoms with Gasteiger partial charge in [0.1, 0.15) is 11.9 Å². The molecule has 126 valence electrons. The van der Waals surface area contributed by atoms with Crippen molar-refractivity contribution in [1.82, 2.24) is 12.7 Å². The lowest BCUT2D eigenvalue weighted by Crippen LogP contribution is -2.56. The van der Waals surface area contributed by atoms with Crippen LogP contribution >= 0.6 is 34.5 Å². The Bertz CT molecular complexity index is 944. The summed E-state index contributed by atoms with van der Waals surface area (Å²) in [5.74, 6) is 0.414. The van der Waals surface area contributed by atoms with E-state index in [2.05, 4.69) is 15.2 Å². The minimum absolute atomic E-state index is 0.124. The van der Waals surface area contributed by atoms with Crippen molar-refractivity contribution in [2.75, 3.05) is 36.9 Å². The van der Waals surface area contributed by atoms with E-state index >= 15 is 0 Å². The lowest BCUT2D eigenvalue weighted by Gasteiger charge is -2.38. The number of aromatic nitrogens is 2. The van der Waals surface area contributed by atoms with Crippen molar-refractivity contribution in [2.24, 2.45) is 0 Å². The Balaban J connectivity index is 2.10. The molecular formula is C15H15ClIN5O2. The van der Waals surface area contributed by atoms with Crippen LogP contribution in [0.15, 0.2) is 10.9 Å². The van der Waals surface area contributed by atoms with E-state index in [-0.39, 0.29) is 11.6 Å². The van der Waals surface area contributed by atoms with E-state index in [0.717, 1.165) is 17.5 Å². The summed E-state index contributed by atoms with van der Waals surface area (Å²) in [7, 11) is 1.98. The third kappa shape index (κ3) is 2.23. The lowest BCUT2D eigenvalue weighted by atomic mass is 10.1. The highest BCUT2D eigenvalue weighted by Gasteiger charge is 2.37. The minimum Gasteiger partial charge on any atom is -0.341 e. The Morgan fingerprint density at radius 1 is 1.38 bits per heavy atom. The van der Waals surface area contributed by atoms with Gasteiger partial charge in [0.2, 0.25) is 5.91 Å². The number of anilines is 2. The average Bonchev–Trinajstić information content (AvgIpc) is 2.66. The lowest BCUT2D eigenvalue weighted by molar-refractivity contribution is -0.118. The van der Waals surface area contributed by atoms with Crippen LogP contribution in [0.3, 0.4) is 0 Å². The van der Waals surface area contributed by atoms with E-state index < -0.39 is 6.04 Å². The Kier molecular flexibility index (Phi) is 3.73. The van der Waals surface area contributed by atoms with Gasteiger partial charge in [0.15, 0.2) is 0 Å². The quantitative estimate of drug-likeness (QED) is 0.607. The van der Waals surface area contributed by atoms with Gasteiger partial charge in [-0.2, -0.15) is 4.98 Å². The Hall–Kier alpha value is -1.39. The fourth-order valence-corrected chi connectivity index (χ4v) is 4.06. The predicted molar refractivity (Wildman–Crippen MR) is 102 cm³/mol. The minimum atomic E-state index is -0.396. The highest BCUT2D eigenvalue weighted by atomic mass is 127. The number of carbonyl (C=O) groups is 1. The zero-order chi connectivity index (χ0) is 17.2. The standard InChI is InChI=1S/C15H15ClIN5O2/c1-7-5-8-10-12(11(7)16)18-14(23)9-6-20(2)3-4-21(9)13(10)19-15(24)22(8)17/h5,9H,3-4,6H2,1-2H3,(H,18,23). The number of rotatable bonds is 0. The van der Waals surface area contributed by atoms with E-state index in [9.17, 15) is 9.59 Å². The summed E-state index contributed by atoms with van der Waals surface area (Å²) in [5.41, 5.74) is 1.71. The molecule has 24 heavy (non-hydrogen) atoms. The topological polar surface area (TPSA) is 70.5 Å². The van der Waals surface area contributed by atoms with Crippen LogP contribution in [0.4, 0.5) is 11.5 Å². The molecule has 1 fully saturated rings. The van der Waals surface area contributed by atoms with Gasteiger partial charge in [-0.15, -0.1) is 0 Å². The number of carbonyl (C=O) groups excluding carboxylic acids is 1. The number of halogens is 2. The number of nitrogens with one attached hydrogen (secondary N) is 1. The number of hydrogen-bond acceptors (Lipinski definition) is 5. The number of hydrogen-bond donors (Lipinski definition) is 1. The van der Waals surface area contributed by atoms with Gasteiger partial charge in [0, 0.05) is 19.6 Å². The smallest absolute Gasteiger partial charge is 0.341 e. The number of aryl methyl sites for hydroxylation is 1. The molecule has 0 spiro atoms. The highest BCUT2D eigenvalue weighted by Crippen LogP contribution is 2.41. The van der Waals surface area contributed by atoms with Gasteiger partial charge >= 0.3 is 5.69 Å². The molecule has 1 atom stereocenters. The average molecular weight is 460 g/mol. The van der Waals surface area contributed by atoms with Crippen molar-refractivity contribution >= 4 is 62.8 Å². The molecule has 1 saturated heterocycles. The Morgan fingerprint density at radius 2 is 2.12 bits per heavy atom. The molecule has 4 rings (SSSR count). The largest absolute Gasteiger partial charge is 0.359 e. The summed E-state index contributed by atoms with van der Waals surface area (Å²) < 4.78 is 1.46. The third-order valence-electron chi connectivity index (χ3n) is 4.64. The van der Waals surface area contributed by atoms with Gasteiger partial charge in [-0.3, -0.25) is 4.79 Å². The molecule has 1 aromatic carbocycles. The van der Waals surface area contributed by atoms with Gasteiger partial charge in [0.05, 0.1) is 44.5 Å². The molecule has 1 N–H and O–H groups in total. The van der Waals surface area contributed by atoms with Crippen LogP contribution < -0.4 is 15.9 Å². The summed E-state index contributed by atoms with van der Waals surface area (Å²) in [4.78, 5) is 33.4. The first-order valence-corrected chi connectivity index (χ1v) is 8.91. The van der Waals surface area contributed by atoms with Gasteiger partial charge in [-0.25, -0.2) is 7.58 Å². The molecule has 0 aliphatic carbocycles. The number of piperazine rings is 1. The highest BCUT2D eigenvalue weighted by molar-refractivity contribution is 14.1. The molecule has 1 amide bonds. The molecule has 0 saturated carbocycles. The Labute approximate surface area is 157 Å². The molecule has 7 nitrogen and oxygen atoms in total. The molecule has 2 aromatic rings. The van der Waals surface area contributed by atoms with Crippen LogP contribution in [-0.4, -0.2) is 51.3 Å². The van der Waals surface area contributed by atoms with Gasteiger partial charge in [-0.1, -0.05) is 11.6 Å². The zero-order valence-corrected chi connectivity index (χ0v) is 16.1. The maximum Gasteiger partial charge on any atom is 0.359 e. The van der Waals surface area contributed by atoms with E-state index in [1.54, 1.807) is 0 Å². The first-order chi connectivity index (χ1) is 11.4. The van der Waals surface area contributed by atoms with Crippen LogP contribution in [0, 0.1) is 6.92 Å². The first kappa shape index (κ1) is 16.1. The van der Waals surface area contributed by atoms with Crippen LogP contribution in [-0.2, 0) is 4.79 Å². The van der Waals surface area contributed by atoms with Crippen LogP contribution in [0.5, 0.6) is 0 Å². The van der Waals surface area contributed by atoms with Crippen molar-refractivity contribution in [2.45, 2.75) is 13.0 Å². The fourth-order valence-electron chi connectivity index (χ4n) is 3.38. The number of amides is 1. The number of likely N-dealkylation sites (N-methyl/N-ethyl adjacent to an activating group) is 1. The zero-order valence-electron chi connectivity index (χ0n) is 13.1. The van der Waals surface area contributed by atoms with Crippen LogP contribution in [0.25, 0.3) is 10.9 Å². The van der Waals surface area contributed by atoms with E-state index in [0.29, 0.717) is 35.1 Å². The molecule has 9 heteroatoms. The summed E-state index contributed by atoms with van der Waals surface area (Å²) in [5, 5.41) is 4.17. The maximum absolute atomic E-state index is 12.8. The number of nitrogens with zero attached hydrogens (tertiary/aromatic N) is 4. The molecule has 2 aliphatic rings. The van der Waals surface area contributed by atoms with Gasteiger partial charge < -0.3 is 15.1 Å². The molecular weight excluding hydrogens is 445 g/mol. The second-order valence-electron chi connectivity index (χ2n) is 6.24. The summed E-state index contributed by atoms with van der Waals surface area (Å²) in [6.07, 6.45) is 0. The van der Waals surface area contributed by atoms with Crippen molar-refractivity contribution < 1.29 is 4.79 Å². The molecule has 3 heterocycles. The summed E-state index contributed by atoms with van der Waals surface area (Å²) >= 11 is 8.41. The molecule has 0 bridgehead atoms. The fraction of sp³-hybridized carbons (Fsp3) is 0.400. The van der Waals surface area contributed by atoms with Gasteiger partial charge in [0.25, 0.3) is 0 Å². The molecule has 0 radical (unpaired) electrons. The molecule has 2 aliphatic heterocycles.